The van der Waals surface area contributed by atoms with Crippen LogP contribution in [0.5, 0.6) is 0 Å². The lowest BCUT2D eigenvalue weighted by molar-refractivity contribution is -0.139. The molecule has 5 nitrogen and oxygen atoms in total. The number of carboxylic acid groups (broad SMARTS) is 1. The minimum absolute atomic E-state index is 0.0801. The van der Waals surface area contributed by atoms with E-state index in [1.807, 2.05) is 5.32 Å². The van der Waals surface area contributed by atoms with Crippen molar-refractivity contribution in [3.05, 3.63) is 0 Å². The number of aliphatic carboxylic acids is 1. The molecule has 1 atom stereocenters. The Morgan fingerprint density at radius 3 is 2.25 bits per heavy atom. The minimum atomic E-state index is -2.65. The van der Waals surface area contributed by atoms with Crippen LogP contribution in [0.2, 0.25) is 0 Å². The molecular formula is C9H16F2N2O3. The largest absolute Gasteiger partial charge is 0.480 e. The number of nitrogens with one attached hydrogen (secondary N) is 2. The SMILES string of the molecule is CC(C)CC(NC(=O)NCC(F)F)C(=O)O. The lowest BCUT2D eigenvalue weighted by Crippen LogP contribution is -2.47. The Bertz CT molecular complexity index is 247. The average Bonchev–Trinajstić information content (AvgIpc) is 2.12. The first-order chi connectivity index (χ1) is 7.32. The Kier molecular flexibility index (Phi) is 6.36. The van der Waals surface area contributed by atoms with Crippen molar-refractivity contribution in [2.45, 2.75) is 32.7 Å². The third-order valence-electron chi connectivity index (χ3n) is 1.73. The minimum Gasteiger partial charge on any atom is -0.480 e. The van der Waals surface area contributed by atoms with Crippen molar-refractivity contribution in [1.29, 1.82) is 0 Å². The van der Waals surface area contributed by atoms with Gasteiger partial charge in [-0.15, -0.1) is 0 Å². The summed E-state index contributed by atoms with van der Waals surface area (Å²) >= 11 is 0. The Balaban J connectivity index is 4.08. The third kappa shape index (κ3) is 6.97. The van der Waals surface area contributed by atoms with Crippen LogP contribution in [0.15, 0.2) is 0 Å². The molecule has 0 spiro atoms. The van der Waals surface area contributed by atoms with E-state index in [-0.39, 0.29) is 12.3 Å². The van der Waals surface area contributed by atoms with E-state index >= 15 is 0 Å². The summed E-state index contributed by atoms with van der Waals surface area (Å²) in [7, 11) is 0. The van der Waals surface area contributed by atoms with Gasteiger partial charge in [-0.3, -0.25) is 0 Å². The first-order valence-electron chi connectivity index (χ1n) is 4.88. The van der Waals surface area contributed by atoms with Gasteiger partial charge >= 0.3 is 12.0 Å². The highest BCUT2D eigenvalue weighted by atomic mass is 19.3. The van der Waals surface area contributed by atoms with Gasteiger partial charge in [-0.2, -0.15) is 0 Å². The lowest BCUT2D eigenvalue weighted by atomic mass is 10.0. The van der Waals surface area contributed by atoms with Crippen LogP contribution in [-0.2, 0) is 4.79 Å². The number of halogens is 2. The third-order valence-corrected chi connectivity index (χ3v) is 1.73. The molecule has 7 heteroatoms. The van der Waals surface area contributed by atoms with Gasteiger partial charge in [0, 0.05) is 0 Å². The van der Waals surface area contributed by atoms with Crippen LogP contribution in [-0.4, -0.2) is 36.1 Å². The average molecular weight is 238 g/mol. The zero-order valence-corrected chi connectivity index (χ0v) is 9.17. The summed E-state index contributed by atoms with van der Waals surface area (Å²) in [5, 5.41) is 12.8. The number of carbonyl (C=O) groups is 2. The second-order valence-electron chi connectivity index (χ2n) is 3.77. The first-order valence-corrected chi connectivity index (χ1v) is 4.88. The van der Waals surface area contributed by atoms with Crippen LogP contribution < -0.4 is 10.6 Å². The number of urea groups is 1. The van der Waals surface area contributed by atoms with E-state index < -0.39 is 31.0 Å². The maximum Gasteiger partial charge on any atom is 0.326 e. The molecule has 0 saturated carbocycles. The molecule has 0 rings (SSSR count). The van der Waals surface area contributed by atoms with Crippen LogP contribution >= 0.6 is 0 Å². The summed E-state index contributed by atoms with van der Waals surface area (Å²) in [6, 6.07) is -1.95. The number of carboxylic acids is 1. The van der Waals surface area contributed by atoms with Crippen molar-refractivity contribution >= 4 is 12.0 Å². The Hall–Kier alpha value is -1.40. The fourth-order valence-corrected chi connectivity index (χ4v) is 1.07. The molecule has 94 valence electrons. The van der Waals surface area contributed by atoms with Crippen molar-refractivity contribution in [2.75, 3.05) is 6.54 Å². The molecular weight excluding hydrogens is 222 g/mol. The van der Waals surface area contributed by atoms with Crippen molar-refractivity contribution < 1.29 is 23.5 Å². The number of hydrogen-bond donors (Lipinski definition) is 3. The van der Waals surface area contributed by atoms with Gasteiger partial charge in [0.05, 0.1) is 6.54 Å². The van der Waals surface area contributed by atoms with Gasteiger partial charge < -0.3 is 15.7 Å². The molecule has 0 aromatic rings. The van der Waals surface area contributed by atoms with E-state index in [1.54, 1.807) is 13.8 Å². The Morgan fingerprint density at radius 2 is 1.88 bits per heavy atom. The van der Waals surface area contributed by atoms with Crippen molar-refractivity contribution in [2.24, 2.45) is 5.92 Å². The van der Waals surface area contributed by atoms with E-state index in [0.29, 0.717) is 0 Å². The van der Waals surface area contributed by atoms with Gasteiger partial charge in [0.15, 0.2) is 0 Å². The molecule has 16 heavy (non-hydrogen) atoms. The number of carbonyl (C=O) groups excluding carboxylic acids is 1. The molecule has 2 amide bonds. The summed E-state index contributed by atoms with van der Waals surface area (Å²) < 4.78 is 23.5. The molecule has 0 aliphatic rings. The number of hydrogen-bond acceptors (Lipinski definition) is 2. The monoisotopic (exact) mass is 238 g/mol. The number of rotatable bonds is 6. The second kappa shape index (κ2) is 6.97. The molecule has 0 aliphatic heterocycles. The second-order valence-corrected chi connectivity index (χ2v) is 3.77. The topological polar surface area (TPSA) is 78.4 Å². The number of amides is 2. The molecule has 0 heterocycles. The highest BCUT2D eigenvalue weighted by Gasteiger charge is 2.21. The molecule has 0 fully saturated rings. The predicted molar refractivity (Wildman–Crippen MR) is 53.4 cm³/mol. The fraction of sp³-hybridized carbons (Fsp3) is 0.778. The maximum atomic E-state index is 11.7. The molecule has 0 saturated heterocycles. The Morgan fingerprint density at radius 1 is 1.31 bits per heavy atom. The Labute approximate surface area is 92.2 Å². The maximum absolute atomic E-state index is 11.7. The van der Waals surface area contributed by atoms with Crippen molar-refractivity contribution in [3.63, 3.8) is 0 Å². The summed E-state index contributed by atoms with van der Waals surface area (Å²) in [6.07, 6.45) is -2.41. The van der Waals surface area contributed by atoms with Crippen LogP contribution in [0, 0.1) is 5.92 Å². The molecule has 0 bridgehead atoms. The van der Waals surface area contributed by atoms with Gasteiger partial charge in [-0.1, -0.05) is 13.8 Å². The van der Waals surface area contributed by atoms with Crippen LogP contribution in [0.25, 0.3) is 0 Å². The van der Waals surface area contributed by atoms with Gasteiger partial charge in [0.25, 0.3) is 6.43 Å². The summed E-state index contributed by atoms with van der Waals surface area (Å²) in [5.74, 6) is -1.10. The quantitative estimate of drug-likeness (QED) is 0.647. The zero-order chi connectivity index (χ0) is 12.7. The lowest BCUT2D eigenvalue weighted by Gasteiger charge is -2.16. The summed E-state index contributed by atoms with van der Waals surface area (Å²) in [6.45, 7) is 2.81. The predicted octanol–water partition coefficient (Wildman–Crippen LogP) is 1.05. The smallest absolute Gasteiger partial charge is 0.326 e. The standard InChI is InChI=1S/C9H16F2N2O3/c1-5(2)3-6(8(14)15)13-9(16)12-4-7(10)11/h5-7H,3-4H2,1-2H3,(H,14,15)(H2,12,13,16). The van der Waals surface area contributed by atoms with Crippen molar-refractivity contribution in [3.8, 4) is 0 Å². The first kappa shape index (κ1) is 14.6. The van der Waals surface area contributed by atoms with Gasteiger partial charge in [-0.25, -0.2) is 18.4 Å². The summed E-state index contributed by atoms with van der Waals surface area (Å²) in [4.78, 5) is 21.7. The van der Waals surface area contributed by atoms with E-state index in [4.69, 9.17) is 5.11 Å². The normalized spacial score (nSPS) is 12.6. The van der Waals surface area contributed by atoms with Crippen molar-refractivity contribution in [1.82, 2.24) is 10.6 Å². The zero-order valence-electron chi connectivity index (χ0n) is 9.17. The molecule has 0 aromatic heterocycles. The van der Waals surface area contributed by atoms with E-state index in [0.717, 1.165) is 0 Å². The van der Waals surface area contributed by atoms with E-state index in [1.165, 1.54) is 0 Å². The van der Waals surface area contributed by atoms with Crippen LogP contribution in [0.1, 0.15) is 20.3 Å². The summed E-state index contributed by atoms with van der Waals surface area (Å²) in [5.41, 5.74) is 0. The molecule has 3 N–H and O–H groups in total. The molecule has 0 aliphatic carbocycles. The molecule has 0 aromatic carbocycles. The van der Waals surface area contributed by atoms with Gasteiger partial charge in [-0.05, 0) is 12.3 Å². The highest BCUT2D eigenvalue weighted by Crippen LogP contribution is 2.04. The molecule has 1 unspecified atom stereocenters. The van der Waals surface area contributed by atoms with E-state index in [2.05, 4.69) is 5.32 Å². The molecule has 0 radical (unpaired) electrons. The van der Waals surface area contributed by atoms with E-state index in [9.17, 15) is 18.4 Å². The fourth-order valence-electron chi connectivity index (χ4n) is 1.07. The van der Waals surface area contributed by atoms with Crippen LogP contribution in [0.3, 0.4) is 0 Å². The van der Waals surface area contributed by atoms with Gasteiger partial charge in [0.2, 0.25) is 0 Å². The van der Waals surface area contributed by atoms with Crippen LogP contribution in [0.4, 0.5) is 13.6 Å². The number of alkyl halides is 2. The van der Waals surface area contributed by atoms with Gasteiger partial charge in [0.1, 0.15) is 6.04 Å². The highest BCUT2D eigenvalue weighted by molar-refractivity contribution is 5.82.